The van der Waals surface area contributed by atoms with Crippen LogP contribution in [0.5, 0.6) is 0 Å². The Kier molecular flexibility index (Phi) is 5.60. The van der Waals surface area contributed by atoms with E-state index in [0.717, 1.165) is 25.7 Å². The Labute approximate surface area is 121 Å². The highest BCUT2D eigenvalue weighted by atomic mass is 16.3. The van der Waals surface area contributed by atoms with Gasteiger partial charge < -0.3 is 10.4 Å². The Morgan fingerprint density at radius 3 is 2.70 bits per heavy atom. The molecule has 20 heavy (non-hydrogen) atoms. The lowest BCUT2D eigenvalue weighted by Gasteiger charge is -2.18. The monoisotopic (exact) mass is 275 g/mol. The Balaban J connectivity index is 1.80. The van der Waals surface area contributed by atoms with Crippen molar-refractivity contribution >= 4 is 5.91 Å². The van der Waals surface area contributed by atoms with Crippen LogP contribution in [0.25, 0.3) is 0 Å². The van der Waals surface area contributed by atoms with Gasteiger partial charge in [0.05, 0.1) is 6.10 Å². The van der Waals surface area contributed by atoms with E-state index in [2.05, 4.69) is 24.4 Å². The second-order valence-electron chi connectivity index (χ2n) is 5.78. The third-order valence-electron chi connectivity index (χ3n) is 4.38. The maximum absolute atomic E-state index is 12.1. The molecule has 1 fully saturated rings. The van der Waals surface area contributed by atoms with Crippen LogP contribution >= 0.6 is 0 Å². The predicted molar refractivity (Wildman–Crippen MR) is 80.4 cm³/mol. The second-order valence-corrected chi connectivity index (χ2v) is 5.78. The van der Waals surface area contributed by atoms with E-state index in [-0.39, 0.29) is 23.8 Å². The number of carbonyl (C=O) groups is 1. The van der Waals surface area contributed by atoms with E-state index < -0.39 is 0 Å². The molecule has 0 aromatic heterocycles. The van der Waals surface area contributed by atoms with Crippen molar-refractivity contribution in [2.75, 3.05) is 6.54 Å². The minimum Gasteiger partial charge on any atom is -0.393 e. The number of rotatable bonds is 6. The molecule has 3 heteroatoms. The van der Waals surface area contributed by atoms with Crippen molar-refractivity contribution in [3.05, 3.63) is 35.9 Å². The van der Waals surface area contributed by atoms with Gasteiger partial charge >= 0.3 is 0 Å². The fourth-order valence-electron chi connectivity index (χ4n) is 3.02. The third kappa shape index (κ3) is 4.07. The molecule has 1 amide bonds. The zero-order chi connectivity index (χ0) is 14.4. The van der Waals surface area contributed by atoms with Crippen LogP contribution in [0, 0.1) is 5.92 Å². The summed E-state index contributed by atoms with van der Waals surface area (Å²) in [6.07, 6.45) is 4.24. The highest BCUT2D eigenvalue weighted by molar-refractivity contribution is 5.76. The molecule has 2 N–H and O–H groups in total. The van der Waals surface area contributed by atoms with Crippen molar-refractivity contribution < 1.29 is 9.90 Å². The molecule has 3 atom stereocenters. The summed E-state index contributed by atoms with van der Waals surface area (Å²) in [4.78, 5) is 12.1. The first-order chi connectivity index (χ1) is 9.70. The standard InChI is InChI=1S/C17H25NO2/c1-2-13(14-7-4-3-5-8-14)11-17(20)18-12-15-9-6-10-16(15)19/h3-5,7-8,13,15-16,19H,2,6,9-12H2,1H3,(H,18,20). The molecule has 3 unspecified atom stereocenters. The van der Waals surface area contributed by atoms with Crippen molar-refractivity contribution in [1.82, 2.24) is 5.32 Å². The topological polar surface area (TPSA) is 49.3 Å². The van der Waals surface area contributed by atoms with Gasteiger partial charge in [0.2, 0.25) is 5.91 Å². The molecule has 0 spiro atoms. The number of hydrogen-bond donors (Lipinski definition) is 2. The van der Waals surface area contributed by atoms with Crippen LogP contribution in [0.4, 0.5) is 0 Å². The molecule has 0 radical (unpaired) electrons. The van der Waals surface area contributed by atoms with Crippen molar-refractivity contribution in [3.8, 4) is 0 Å². The number of aliphatic hydroxyl groups excluding tert-OH is 1. The molecule has 1 aromatic carbocycles. The van der Waals surface area contributed by atoms with E-state index in [1.807, 2.05) is 18.2 Å². The Hall–Kier alpha value is -1.35. The van der Waals surface area contributed by atoms with E-state index in [4.69, 9.17) is 0 Å². The summed E-state index contributed by atoms with van der Waals surface area (Å²) in [6.45, 7) is 2.73. The third-order valence-corrected chi connectivity index (χ3v) is 4.38. The summed E-state index contributed by atoms with van der Waals surface area (Å²) in [5.41, 5.74) is 1.23. The van der Waals surface area contributed by atoms with E-state index in [1.165, 1.54) is 5.56 Å². The van der Waals surface area contributed by atoms with E-state index >= 15 is 0 Å². The molecular formula is C17H25NO2. The summed E-state index contributed by atoms with van der Waals surface area (Å²) in [6, 6.07) is 10.2. The molecule has 0 heterocycles. The first-order valence-corrected chi connectivity index (χ1v) is 7.70. The first kappa shape index (κ1) is 15.0. The second kappa shape index (κ2) is 7.44. The quantitative estimate of drug-likeness (QED) is 0.838. The molecule has 0 bridgehead atoms. The minimum absolute atomic E-state index is 0.0970. The maximum Gasteiger partial charge on any atom is 0.220 e. The molecule has 0 aliphatic heterocycles. The Morgan fingerprint density at radius 1 is 1.35 bits per heavy atom. The van der Waals surface area contributed by atoms with E-state index in [0.29, 0.717) is 13.0 Å². The zero-order valence-corrected chi connectivity index (χ0v) is 12.2. The molecule has 1 aromatic rings. The van der Waals surface area contributed by atoms with Gasteiger partial charge in [0.15, 0.2) is 0 Å². The van der Waals surface area contributed by atoms with Crippen LogP contribution in [0.2, 0.25) is 0 Å². The lowest BCUT2D eigenvalue weighted by atomic mass is 9.93. The number of amides is 1. The average Bonchev–Trinajstić information content (AvgIpc) is 2.89. The summed E-state index contributed by atoms with van der Waals surface area (Å²) < 4.78 is 0. The minimum atomic E-state index is -0.230. The van der Waals surface area contributed by atoms with Crippen LogP contribution in [-0.2, 0) is 4.79 Å². The van der Waals surface area contributed by atoms with Crippen molar-refractivity contribution in [3.63, 3.8) is 0 Å². The highest BCUT2D eigenvalue weighted by Gasteiger charge is 2.25. The maximum atomic E-state index is 12.1. The molecule has 3 nitrogen and oxygen atoms in total. The predicted octanol–water partition coefficient (Wildman–Crippen LogP) is 2.85. The van der Waals surface area contributed by atoms with Crippen molar-refractivity contribution in [2.24, 2.45) is 5.92 Å². The van der Waals surface area contributed by atoms with Crippen LogP contribution < -0.4 is 5.32 Å². The number of hydrogen-bond acceptors (Lipinski definition) is 2. The molecular weight excluding hydrogens is 250 g/mol. The van der Waals surface area contributed by atoms with Gasteiger partial charge in [0.25, 0.3) is 0 Å². The lowest BCUT2D eigenvalue weighted by molar-refractivity contribution is -0.121. The number of aliphatic hydroxyl groups is 1. The average molecular weight is 275 g/mol. The van der Waals surface area contributed by atoms with Gasteiger partial charge in [-0.1, -0.05) is 43.7 Å². The molecule has 110 valence electrons. The number of carbonyl (C=O) groups excluding carboxylic acids is 1. The molecule has 1 aliphatic carbocycles. The van der Waals surface area contributed by atoms with Gasteiger partial charge in [0.1, 0.15) is 0 Å². The van der Waals surface area contributed by atoms with Crippen molar-refractivity contribution in [2.45, 2.75) is 51.0 Å². The molecule has 0 saturated heterocycles. The van der Waals surface area contributed by atoms with Gasteiger partial charge in [0, 0.05) is 18.9 Å². The summed E-state index contributed by atoms with van der Waals surface area (Å²) in [5, 5.41) is 12.7. The highest BCUT2D eigenvalue weighted by Crippen LogP contribution is 2.25. The van der Waals surface area contributed by atoms with Crippen LogP contribution in [0.15, 0.2) is 30.3 Å². The molecule has 1 saturated carbocycles. The Bertz CT molecular complexity index is 418. The molecule has 1 aliphatic rings. The summed E-state index contributed by atoms with van der Waals surface area (Å²) in [7, 11) is 0. The summed E-state index contributed by atoms with van der Waals surface area (Å²) in [5.74, 6) is 0.625. The smallest absolute Gasteiger partial charge is 0.220 e. The van der Waals surface area contributed by atoms with Gasteiger partial charge in [-0.05, 0) is 30.7 Å². The lowest BCUT2D eigenvalue weighted by Crippen LogP contribution is -2.33. The van der Waals surface area contributed by atoms with Crippen LogP contribution in [-0.4, -0.2) is 23.7 Å². The summed E-state index contributed by atoms with van der Waals surface area (Å²) >= 11 is 0. The number of benzene rings is 1. The first-order valence-electron chi connectivity index (χ1n) is 7.70. The largest absolute Gasteiger partial charge is 0.393 e. The van der Waals surface area contributed by atoms with Crippen LogP contribution in [0.3, 0.4) is 0 Å². The van der Waals surface area contributed by atoms with Crippen LogP contribution in [0.1, 0.15) is 50.5 Å². The van der Waals surface area contributed by atoms with Gasteiger partial charge in [-0.25, -0.2) is 0 Å². The van der Waals surface area contributed by atoms with Gasteiger partial charge in [-0.2, -0.15) is 0 Å². The van der Waals surface area contributed by atoms with E-state index in [1.54, 1.807) is 0 Å². The normalized spacial score (nSPS) is 23.5. The van der Waals surface area contributed by atoms with Crippen molar-refractivity contribution in [1.29, 1.82) is 0 Å². The van der Waals surface area contributed by atoms with Gasteiger partial charge in [-0.15, -0.1) is 0 Å². The molecule has 2 rings (SSSR count). The fourth-order valence-corrected chi connectivity index (χ4v) is 3.02. The SMILES string of the molecule is CCC(CC(=O)NCC1CCCC1O)c1ccccc1. The fraction of sp³-hybridized carbons (Fsp3) is 0.588. The van der Waals surface area contributed by atoms with Gasteiger partial charge in [-0.3, -0.25) is 4.79 Å². The zero-order valence-electron chi connectivity index (χ0n) is 12.2. The number of nitrogens with one attached hydrogen (secondary N) is 1. The van der Waals surface area contributed by atoms with E-state index in [9.17, 15) is 9.90 Å². The Morgan fingerprint density at radius 2 is 2.10 bits per heavy atom.